The minimum Gasteiger partial charge on any atom is -0.496 e. The highest BCUT2D eigenvalue weighted by molar-refractivity contribution is 7.23. The summed E-state index contributed by atoms with van der Waals surface area (Å²) in [7, 11) is 1.44. The number of aromatic nitrogens is 2. The first-order chi connectivity index (χ1) is 14.0. The molecule has 29 heavy (non-hydrogen) atoms. The Hall–Kier alpha value is -2.97. The number of aromatic carboxylic acids is 1. The molecule has 6 nitrogen and oxygen atoms in total. The van der Waals surface area contributed by atoms with Gasteiger partial charge in [-0.15, -0.1) is 0 Å². The average Bonchev–Trinajstić information content (AvgIpc) is 3.43. The minimum atomic E-state index is -1.05. The molecule has 0 saturated carbocycles. The number of thiazole rings is 1. The lowest BCUT2D eigenvalue weighted by Gasteiger charge is -2.11. The molecule has 4 aromatic rings. The number of carboxylic acid groups (broad SMARTS) is 1. The fraction of sp³-hybridized carbons (Fsp3) is 0.238. The zero-order valence-corrected chi connectivity index (χ0v) is 16.4. The van der Waals surface area contributed by atoms with E-state index in [2.05, 4.69) is 10.3 Å². The predicted octanol–water partition coefficient (Wildman–Crippen LogP) is 4.49. The molecule has 0 amide bonds. The highest BCUT2D eigenvalue weighted by Crippen LogP contribution is 2.35. The number of nitrogens with one attached hydrogen (secondary N) is 1. The van der Waals surface area contributed by atoms with Crippen LogP contribution in [0.4, 0.5) is 4.39 Å². The number of hydrogen-bond acceptors (Lipinski definition) is 5. The van der Waals surface area contributed by atoms with Crippen LogP contribution in [0.5, 0.6) is 5.75 Å². The van der Waals surface area contributed by atoms with Gasteiger partial charge in [0, 0.05) is 23.9 Å². The van der Waals surface area contributed by atoms with E-state index in [1.54, 1.807) is 30.5 Å². The Morgan fingerprint density at radius 3 is 2.93 bits per heavy atom. The van der Waals surface area contributed by atoms with Gasteiger partial charge in [0.25, 0.3) is 0 Å². The van der Waals surface area contributed by atoms with Gasteiger partial charge in [0.05, 0.1) is 23.0 Å². The third kappa shape index (κ3) is 2.95. The topological polar surface area (TPSA) is 75.9 Å². The smallest absolute Gasteiger partial charge is 0.339 e. The highest BCUT2D eigenvalue weighted by atomic mass is 32.1. The monoisotopic (exact) mass is 411 g/mol. The van der Waals surface area contributed by atoms with Gasteiger partial charge in [-0.05, 0) is 43.1 Å². The molecule has 1 unspecified atom stereocenters. The number of carbonyl (C=O) groups is 1. The summed E-state index contributed by atoms with van der Waals surface area (Å²) in [6, 6.07) is 8.80. The van der Waals surface area contributed by atoms with Crippen molar-refractivity contribution in [2.24, 2.45) is 0 Å². The first-order valence-corrected chi connectivity index (χ1v) is 10.1. The van der Waals surface area contributed by atoms with Crippen LogP contribution < -0.4 is 10.1 Å². The number of imidazole rings is 1. The van der Waals surface area contributed by atoms with Gasteiger partial charge in [-0.25, -0.2) is 14.2 Å². The molecule has 2 aromatic carbocycles. The van der Waals surface area contributed by atoms with Crippen molar-refractivity contribution in [3.8, 4) is 17.0 Å². The molecule has 0 spiro atoms. The van der Waals surface area contributed by atoms with E-state index in [9.17, 15) is 14.3 Å². The van der Waals surface area contributed by atoms with Gasteiger partial charge in [-0.3, -0.25) is 4.40 Å². The number of fused-ring (bicyclic) bond motifs is 3. The van der Waals surface area contributed by atoms with Crippen LogP contribution in [0.25, 0.3) is 26.4 Å². The molecule has 1 fully saturated rings. The van der Waals surface area contributed by atoms with Crippen LogP contribution in [0.2, 0.25) is 0 Å². The second-order valence-electron chi connectivity index (χ2n) is 7.09. The van der Waals surface area contributed by atoms with E-state index in [1.807, 2.05) is 10.5 Å². The molecule has 0 bridgehead atoms. The number of nitrogens with zero attached hydrogens (tertiary/aromatic N) is 2. The van der Waals surface area contributed by atoms with Crippen molar-refractivity contribution in [1.29, 1.82) is 0 Å². The summed E-state index contributed by atoms with van der Waals surface area (Å²) >= 11 is 1.36. The number of halogens is 1. The van der Waals surface area contributed by atoms with Crippen molar-refractivity contribution in [3.05, 3.63) is 53.5 Å². The molecule has 148 valence electrons. The standard InChI is InChI=1S/C21H18FN3O3S/c1-28-18-9-17-19(8-13(18)20(26)27)29-21-24-16(10-25(17)21)12-5-4-11(7-14(12)22)15-3-2-6-23-15/h4-5,7-10,15,23H,2-3,6H2,1H3,(H,26,27). The maximum Gasteiger partial charge on any atom is 0.339 e. The molecule has 0 aliphatic carbocycles. The Morgan fingerprint density at radius 1 is 1.38 bits per heavy atom. The first kappa shape index (κ1) is 18.1. The van der Waals surface area contributed by atoms with Gasteiger partial charge < -0.3 is 15.2 Å². The van der Waals surface area contributed by atoms with Crippen LogP contribution >= 0.6 is 11.3 Å². The van der Waals surface area contributed by atoms with Crippen LogP contribution in [0.15, 0.2) is 36.5 Å². The highest BCUT2D eigenvalue weighted by Gasteiger charge is 2.20. The fourth-order valence-corrected chi connectivity index (χ4v) is 4.94. The van der Waals surface area contributed by atoms with Crippen LogP contribution in [0.1, 0.15) is 34.8 Å². The summed E-state index contributed by atoms with van der Waals surface area (Å²) in [5, 5.41) is 12.7. The minimum absolute atomic E-state index is 0.104. The van der Waals surface area contributed by atoms with E-state index < -0.39 is 5.97 Å². The first-order valence-electron chi connectivity index (χ1n) is 9.31. The molecule has 8 heteroatoms. The second kappa shape index (κ2) is 6.82. The Balaban J connectivity index is 1.59. The lowest BCUT2D eigenvalue weighted by atomic mass is 10.0. The predicted molar refractivity (Wildman–Crippen MR) is 109 cm³/mol. The summed E-state index contributed by atoms with van der Waals surface area (Å²) in [6.45, 7) is 0.964. The zero-order valence-electron chi connectivity index (χ0n) is 15.6. The summed E-state index contributed by atoms with van der Waals surface area (Å²) in [5.41, 5.74) is 2.83. The Morgan fingerprint density at radius 2 is 2.24 bits per heavy atom. The number of ether oxygens (including phenoxy) is 1. The summed E-state index contributed by atoms with van der Waals surface area (Å²) in [4.78, 5) is 16.7. The van der Waals surface area contributed by atoms with Gasteiger partial charge in [0.15, 0.2) is 4.96 Å². The van der Waals surface area contributed by atoms with Crippen LogP contribution in [-0.4, -0.2) is 34.1 Å². The molecule has 5 rings (SSSR count). The van der Waals surface area contributed by atoms with Crippen molar-refractivity contribution in [2.45, 2.75) is 18.9 Å². The molecule has 1 atom stereocenters. The maximum atomic E-state index is 14.8. The van der Waals surface area contributed by atoms with E-state index in [0.29, 0.717) is 16.2 Å². The number of hydrogen-bond donors (Lipinski definition) is 2. The third-order valence-electron chi connectivity index (χ3n) is 5.38. The lowest BCUT2D eigenvalue weighted by molar-refractivity contribution is 0.0693. The average molecular weight is 411 g/mol. The molecular weight excluding hydrogens is 393 g/mol. The molecule has 3 heterocycles. The van der Waals surface area contributed by atoms with Crippen LogP contribution in [0.3, 0.4) is 0 Å². The fourth-order valence-electron chi connectivity index (χ4n) is 3.92. The quantitative estimate of drug-likeness (QED) is 0.518. The maximum absolute atomic E-state index is 14.8. The SMILES string of the molecule is COc1cc2c(cc1C(=O)O)sc1nc(-c3ccc(C4CCCN4)cc3F)cn12. The molecule has 1 aliphatic rings. The molecule has 0 radical (unpaired) electrons. The number of methoxy groups -OCH3 is 1. The second-order valence-corrected chi connectivity index (χ2v) is 8.10. The Bertz CT molecular complexity index is 1260. The van der Waals surface area contributed by atoms with E-state index >= 15 is 0 Å². The molecule has 1 saturated heterocycles. The summed E-state index contributed by atoms with van der Waals surface area (Å²) in [5.74, 6) is -1.06. The molecular formula is C21H18FN3O3S. The van der Waals surface area contributed by atoms with Gasteiger partial charge in [0.1, 0.15) is 17.1 Å². The van der Waals surface area contributed by atoms with Crippen molar-refractivity contribution in [1.82, 2.24) is 14.7 Å². The normalized spacial score (nSPS) is 16.7. The van der Waals surface area contributed by atoms with Crippen molar-refractivity contribution < 1.29 is 19.0 Å². The third-order valence-corrected chi connectivity index (χ3v) is 6.40. The molecule has 2 N–H and O–H groups in total. The van der Waals surface area contributed by atoms with Gasteiger partial charge in [0.2, 0.25) is 0 Å². The largest absolute Gasteiger partial charge is 0.496 e. The van der Waals surface area contributed by atoms with Crippen molar-refractivity contribution in [3.63, 3.8) is 0 Å². The van der Waals surface area contributed by atoms with E-state index in [4.69, 9.17) is 4.74 Å². The van der Waals surface area contributed by atoms with Gasteiger partial charge in [-0.1, -0.05) is 17.4 Å². The molecule has 1 aliphatic heterocycles. The van der Waals surface area contributed by atoms with E-state index in [1.165, 1.54) is 18.4 Å². The number of benzene rings is 2. The number of rotatable bonds is 4. The lowest BCUT2D eigenvalue weighted by Crippen LogP contribution is -2.12. The number of carboxylic acids is 1. The van der Waals surface area contributed by atoms with Crippen LogP contribution in [-0.2, 0) is 0 Å². The van der Waals surface area contributed by atoms with E-state index in [0.717, 1.165) is 35.2 Å². The van der Waals surface area contributed by atoms with Gasteiger partial charge >= 0.3 is 5.97 Å². The van der Waals surface area contributed by atoms with Gasteiger partial charge in [-0.2, -0.15) is 0 Å². The Kier molecular flexibility index (Phi) is 4.25. The summed E-state index contributed by atoms with van der Waals surface area (Å²) < 4.78 is 22.7. The zero-order chi connectivity index (χ0) is 20.1. The van der Waals surface area contributed by atoms with Crippen molar-refractivity contribution in [2.75, 3.05) is 13.7 Å². The van der Waals surface area contributed by atoms with Crippen LogP contribution in [0, 0.1) is 5.82 Å². The van der Waals surface area contributed by atoms with Crippen molar-refractivity contribution >= 4 is 32.5 Å². The summed E-state index contributed by atoms with van der Waals surface area (Å²) in [6.07, 6.45) is 3.90. The van der Waals surface area contributed by atoms with E-state index in [-0.39, 0.29) is 23.2 Å². The Labute approximate surface area is 169 Å². The molecule has 2 aromatic heterocycles.